The normalized spacial score (nSPS) is 11.2. The van der Waals surface area contributed by atoms with Crippen molar-refractivity contribution in [3.63, 3.8) is 0 Å². The second-order valence-corrected chi connectivity index (χ2v) is 12.9. The van der Waals surface area contributed by atoms with Gasteiger partial charge in [0.25, 0.3) is 0 Å². The Morgan fingerprint density at radius 3 is 1.37 bits per heavy atom. The van der Waals surface area contributed by atoms with Crippen LogP contribution >= 0.6 is 0 Å². The molecular weight excluding hydrogens is 651 g/mol. The standard InChI is InChI=1S/C43H35N5O4/c1-27(2)30-25-46-43(47-26-30)48-39-23-35(49-31-7-5-9-33(21-31)51-41-19-28(3)15-17-44-41)11-13-37(39)38-14-12-36(24-40(38)48)50-32-8-6-10-34(22-32)52-42-20-29(4)16-18-45-42/h5-27H,1-4H3. The molecule has 4 aromatic heterocycles. The summed E-state index contributed by atoms with van der Waals surface area (Å²) < 4.78 is 26.8. The number of aryl methyl sites for hydroxylation is 2. The van der Waals surface area contributed by atoms with E-state index in [4.69, 9.17) is 28.9 Å². The van der Waals surface area contributed by atoms with Gasteiger partial charge in [-0.25, -0.2) is 19.9 Å². The number of nitrogens with zero attached hydrogens (tertiary/aromatic N) is 5. The number of ether oxygens (including phenoxy) is 4. The maximum absolute atomic E-state index is 6.39. The molecule has 0 saturated carbocycles. The van der Waals surface area contributed by atoms with E-state index in [0.717, 1.165) is 38.5 Å². The molecule has 0 N–H and O–H groups in total. The zero-order valence-corrected chi connectivity index (χ0v) is 29.1. The fraction of sp³-hybridized carbons (Fsp3) is 0.116. The van der Waals surface area contributed by atoms with E-state index in [1.54, 1.807) is 12.4 Å². The van der Waals surface area contributed by atoms with Crippen molar-refractivity contribution in [1.29, 1.82) is 0 Å². The van der Waals surface area contributed by atoms with E-state index in [0.29, 0.717) is 58.1 Å². The van der Waals surface area contributed by atoms with Gasteiger partial charge in [0, 0.05) is 72.0 Å². The first-order valence-corrected chi connectivity index (χ1v) is 17.0. The Bertz CT molecular complexity index is 2400. The highest BCUT2D eigenvalue weighted by molar-refractivity contribution is 6.09. The van der Waals surface area contributed by atoms with E-state index in [9.17, 15) is 0 Å². The third-order valence-electron chi connectivity index (χ3n) is 8.54. The topological polar surface area (TPSA) is 93.4 Å². The van der Waals surface area contributed by atoms with Crippen LogP contribution in [0.4, 0.5) is 0 Å². The van der Waals surface area contributed by atoms with Gasteiger partial charge in [-0.3, -0.25) is 4.57 Å². The summed E-state index contributed by atoms with van der Waals surface area (Å²) in [5.74, 6) is 5.70. The molecule has 0 aliphatic carbocycles. The van der Waals surface area contributed by atoms with Crippen molar-refractivity contribution >= 4 is 21.8 Å². The van der Waals surface area contributed by atoms with Gasteiger partial charge in [0.2, 0.25) is 17.7 Å². The summed E-state index contributed by atoms with van der Waals surface area (Å²) in [6.07, 6.45) is 7.22. The summed E-state index contributed by atoms with van der Waals surface area (Å²) in [6, 6.07) is 34.7. The third kappa shape index (κ3) is 6.97. The molecule has 256 valence electrons. The molecule has 9 heteroatoms. The molecule has 8 rings (SSSR count). The smallest absolute Gasteiger partial charge is 0.234 e. The molecule has 0 aliphatic heterocycles. The second kappa shape index (κ2) is 13.9. The number of rotatable bonds is 10. The Morgan fingerprint density at radius 1 is 0.481 bits per heavy atom. The van der Waals surface area contributed by atoms with Crippen LogP contribution in [0, 0.1) is 13.8 Å². The largest absolute Gasteiger partial charge is 0.457 e. The van der Waals surface area contributed by atoms with Crippen LogP contribution in [-0.4, -0.2) is 24.5 Å². The molecule has 0 unspecified atom stereocenters. The molecule has 0 amide bonds. The number of fused-ring (bicyclic) bond motifs is 3. The maximum Gasteiger partial charge on any atom is 0.234 e. The Morgan fingerprint density at radius 2 is 0.923 bits per heavy atom. The predicted molar refractivity (Wildman–Crippen MR) is 202 cm³/mol. The van der Waals surface area contributed by atoms with Crippen molar-refractivity contribution in [3.05, 3.63) is 151 Å². The number of hydrogen-bond acceptors (Lipinski definition) is 8. The van der Waals surface area contributed by atoms with Gasteiger partial charge in [0.05, 0.1) is 11.0 Å². The lowest BCUT2D eigenvalue weighted by atomic mass is 10.1. The monoisotopic (exact) mass is 685 g/mol. The summed E-state index contributed by atoms with van der Waals surface area (Å²) in [5, 5.41) is 2.04. The molecular formula is C43H35N5O4. The van der Waals surface area contributed by atoms with Crippen LogP contribution < -0.4 is 18.9 Å². The van der Waals surface area contributed by atoms with Crippen molar-refractivity contribution in [2.45, 2.75) is 33.6 Å². The lowest BCUT2D eigenvalue weighted by molar-refractivity contribution is 0.448. The molecule has 0 bridgehead atoms. The minimum Gasteiger partial charge on any atom is -0.457 e. The molecule has 4 heterocycles. The first-order valence-electron chi connectivity index (χ1n) is 17.0. The minimum absolute atomic E-state index is 0.301. The molecule has 0 aliphatic rings. The van der Waals surface area contributed by atoms with E-state index in [1.165, 1.54) is 0 Å². The van der Waals surface area contributed by atoms with Crippen molar-refractivity contribution in [2.75, 3.05) is 0 Å². The van der Waals surface area contributed by atoms with Gasteiger partial charge in [-0.15, -0.1) is 0 Å². The molecule has 0 saturated heterocycles. The third-order valence-corrected chi connectivity index (χ3v) is 8.54. The number of pyridine rings is 2. The van der Waals surface area contributed by atoms with E-state index in [2.05, 4.69) is 35.9 Å². The van der Waals surface area contributed by atoms with Crippen LogP contribution in [0.5, 0.6) is 46.3 Å². The first-order chi connectivity index (χ1) is 25.3. The van der Waals surface area contributed by atoms with E-state index in [1.807, 2.05) is 128 Å². The molecule has 8 aromatic rings. The Balaban J connectivity index is 1.14. The van der Waals surface area contributed by atoms with Gasteiger partial charge in [-0.05, 0) is 97.1 Å². The van der Waals surface area contributed by atoms with Crippen LogP contribution in [0.25, 0.3) is 27.8 Å². The highest BCUT2D eigenvalue weighted by Crippen LogP contribution is 2.38. The van der Waals surface area contributed by atoms with Crippen molar-refractivity contribution in [1.82, 2.24) is 24.5 Å². The Hall–Kier alpha value is -6.74. The number of benzene rings is 4. The summed E-state index contributed by atoms with van der Waals surface area (Å²) in [4.78, 5) is 18.2. The van der Waals surface area contributed by atoms with E-state index in [-0.39, 0.29) is 0 Å². The van der Waals surface area contributed by atoms with Crippen LogP contribution in [0.15, 0.2) is 134 Å². The first kappa shape index (κ1) is 32.5. The fourth-order valence-corrected chi connectivity index (χ4v) is 5.91. The zero-order valence-electron chi connectivity index (χ0n) is 29.1. The van der Waals surface area contributed by atoms with E-state index >= 15 is 0 Å². The molecule has 0 atom stereocenters. The van der Waals surface area contributed by atoms with Crippen molar-refractivity contribution < 1.29 is 18.9 Å². The van der Waals surface area contributed by atoms with Crippen LogP contribution in [0.1, 0.15) is 36.5 Å². The molecule has 4 aromatic carbocycles. The molecule has 9 nitrogen and oxygen atoms in total. The van der Waals surface area contributed by atoms with Crippen molar-refractivity contribution in [3.8, 4) is 52.2 Å². The SMILES string of the molecule is Cc1ccnc(Oc2cccc(Oc3ccc4c5ccc(Oc6cccc(Oc7cc(C)ccn7)c6)cc5n(-c5ncc(C(C)C)cn5)c4c3)c2)c1. The van der Waals surface area contributed by atoms with Gasteiger partial charge in [-0.1, -0.05) is 26.0 Å². The fourth-order valence-electron chi connectivity index (χ4n) is 5.91. The quantitative estimate of drug-likeness (QED) is 0.140. The van der Waals surface area contributed by atoms with Gasteiger partial charge in [-0.2, -0.15) is 0 Å². The van der Waals surface area contributed by atoms with Gasteiger partial charge in [0.15, 0.2) is 0 Å². The second-order valence-electron chi connectivity index (χ2n) is 12.9. The molecule has 0 spiro atoms. The molecule has 0 fully saturated rings. The molecule has 0 radical (unpaired) electrons. The summed E-state index contributed by atoms with van der Waals surface area (Å²) in [5.41, 5.74) is 4.97. The van der Waals surface area contributed by atoms with Crippen LogP contribution in [0.3, 0.4) is 0 Å². The summed E-state index contributed by atoms with van der Waals surface area (Å²) in [7, 11) is 0. The zero-order chi connectivity index (χ0) is 35.6. The summed E-state index contributed by atoms with van der Waals surface area (Å²) in [6.45, 7) is 8.25. The average molecular weight is 686 g/mol. The average Bonchev–Trinajstić information content (AvgIpc) is 3.45. The van der Waals surface area contributed by atoms with Crippen LogP contribution in [-0.2, 0) is 0 Å². The predicted octanol–water partition coefficient (Wildman–Crippen LogP) is 11.3. The number of aromatic nitrogens is 5. The van der Waals surface area contributed by atoms with Crippen LogP contribution in [0.2, 0.25) is 0 Å². The van der Waals surface area contributed by atoms with Crippen molar-refractivity contribution in [2.24, 2.45) is 0 Å². The summed E-state index contributed by atoms with van der Waals surface area (Å²) >= 11 is 0. The number of hydrogen-bond donors (Lipinski definition) is 0. The maximum atomic E-state index is 6.39. The lowest BCUT2D eigenvalue weighted by Crippen LogP contribution is -2.02. The van der Waals surface area contributed by atoms with Gasteiger partial charge < -0.3 is 18.9 Å². The van der Waals surface area contributed by atoms with Gasteiger partial charge in [0.1, 0.15) is 34.5 Å². The minimum atomic E-state index is 0.301. The van der Waals surface area contributed by atoms with Gasteiger partial charge >= 0.3 is 0 Å². The van der Waals surface area contributed by atoms with E-state index < -0.39 is 0 Å². The highest BCUT2D eigenvalue weighted by Gasteiger charge is 2.17. The molecule has 52 heavy (non-hydrogen) atoms. The lowest BCUT2D eigenvalue weighted by Gasteiger charge is -2.11. The Labute approximate surface area is 301 Å². The highest BCUT2D eigenvalue weighted by atomic mass is 16.5. The Kier molecular flexibility index (Phi) is 8.66.